The van der Waals surface area contributed by atoms with Gasteiger partial charge >= 0.3 is 18.1 Å². The number of halogens is 1. The van der Waals surface area contributed by atoms with Gasteiger partial charge in [0.15, 0.2) is 17.3 Å². The van der Waals surface area contributed by atoms with Crippen LogP contribution in [0.1, 0.15) is 140 Å². The number of Topliss-reactive ketones (excluding diaryl/α,β-unsaturated/α-hetero) is 2. The molecule has 3 fully saturated rings. The van der Waals surface area contributed by atoms with Crippen molar-refractivity contribution in [3.05, 3.63) is 154 Å². The Hall–Kier alpha value is -9.74. The molecule has 9 rings (SSSR count). The number of aliphatic hydroxyl groups is 3. The van der Waals surface area contributed by atoms with Crippen LogP contribution in [0.15, 0.2) is 121 Å². The highest BCUT2D eigenvalue weighted by molar-refractivity contribution is 8.77. The Morgan fingerprint density at radius 3 is 2.21 bits per heavy atom. The molecule has 15 N–H and O–H groups in total. The zero-order valence-corrected chi connectivity index (χ0v) is 79.5. The third-order valence-electron chi connectivity index (χ3n) is 23.8. The first-order valence-electron chi connectivity index (χ1n) is 43.8. The van der Waals surface area contributed by atoms with E-state index in [0.29, 0.717) is 53.2 Å². The number of carbonyl (C=O) groups is 13. The van der Waals surface area contributed by atoms with E-state index in [4.69, 9.17) is 41.0 Å². The number of hydrogen-bond acceptors (Lipinski definition) is 27. The Morgan fingerprint density at radius 2 is 1.51 bits per heavy atom. The fourth-order valence-electron chi connectivity index (χ4n) is 15.9. The predicted molar refractivity (Wildman–Crippen MR) is 501 cm³/mol. The fraction of sp³-hybridized carbons (Fsp3) is 0.533. The maximum Gasteiger partial charge on any atom is 0.409 e. The first-order chi connectivity index (χ1) is 62.4. The van der Waals surface area contributed by atoms with E-state index in [-0.39, 0.29) is 98.9 Å². The molecule has 4 aromatic carbocycles. The molecule has 34 nitrogen and oxygen atoms in total. The molecule has 0 unspecified atom stereocenters. The number of esters is 1. The first-order valence-corrected chi connectivity index (χ1v) is 49.2. The van der Waals surface area contributed by atoms with E-state index in [1.54, 1.807) is 87.5 Å². The number of rotatable bonds is 32. The van der Waals surface area contributed by atoms with E-state index in [1.807, 2.05) is 43.3 Å². The summed E-state index contributed by atoms with van der Waals surface area (Å²) in [5.74, 6) is -10.4. The number of methoxy groups -OCH3 is 2. The second-order valence-corrected chi connectivity index (χ2v) is 39.3. The third-order valence-corrected chi connectivity index (χ3v) is 29.1. The predicted octanol–water partition coefficient (Wildman–Crippen LogP) is 6.31. The van der Waals surface area contributed by atoms with Gasteiger partial charge in [-0.2, -0.15) is 0 Å². The number of carbonyl (C=O) groups excluding carboxylic acids is 13. The van der Waals surface area contributed by atoms with Gasteiger partial charge in [-0.05, 0) is 151 Å². The molecule has 0 aromatic heterocycles. The minimum absolute atomic E-state index is 0.0323. The number of hydrogen-bond donors (Lipinski definition) is 14. The number of urea groups is 1. The van der Waals surface area contributed by atoms with Gasteiger partial charge in [-0.25, -0.2) is 14.4 Å². The molecule has 3 saturated heterocycles. The van der Waals surface area contributed by atoms with Crippen LogP contribution in [-0.2, 0) is 97.4 Å². The van der Waals surface area contributed by atoms with E-state index >= 15 is 14.4 Å². The van der Waals surface area contributed by atoms with Crippen LogP contribution in [0.4, 0.5) is 15.3 Å². The first kappa shape index (κ1) is 105. The van der Waals surface area contributed by atoms with E-state index in [2.05, 4.69) is 47.9 Å². The molecule has 18 atom stereocenters. The van der Waals surface area contributed by atoms with Crippen LogP contribution in [0.3, 0.4) is 0 Å². The molecule has 11 amide bonds. The van der Waals surface area contributed by atoms with Gasteiger partial charge in [0.25, 0.3) is 0 Å². The summed E-state index contributed by atoms with van der Waals surface area (Å²) in [6, 6.07) is 13.2. The van der Waals surface area contributed by atoms with Crippen molar-refractivity contribution >= 4 is 143 Å². The van der Waals surface area contributed by atoms with Crippen LogP contribution in [-0.4, -0.2) is 263 Å². The second kappa shape index (κ2) is 49.8. The van der Waals surface area contributed by atoms with Crippen LogP contribution in [0.5, 0.6) is 11.5 Å². The lowest BCUT2D eigenvalue weighted by Crippen LogP contribution is -2.63. The van der Waals surface area contributed by atoms with Crippen LogP contribution in [0.25, 0.3) is 5.57 Å². The largest absolute Gasteiger partial charge is 0.508 e. The fourth-order valence-corrected chi connectivity index (χ4v) is 20.7. The van der Waals surface area contributed by atoms with Crippen molar-refractivity contribution in [2.45, 2.75) is 235 Å². The molecule has 4 aliphatic heterocycles. The molecule has 4 bridgehead atoms. The lowest BCUT2D eigenvalue weighted by atomic mass is 9.83. The number of anilines is 1. The number of nitrogens with zero attached hydrogens (tertiary/aromatic N) is 2. The molecule has 1 aliphatic carbocycles. The zero-order chi connectivity index (χ0) is 95.6. The number of epoxide rings is 1. The number of allylic oxidation sites excluding steroid dienone is 4. The van der Waals surface area contributed by atoms with Crippen molar-refractivity contribution in [3.8, 4) is 11.5 Å². The Morgan fingerprint density at radius 1 is 0.817 bits per heavy atom. The number of aromatic hydroxyl groups is 1. The molecule has 39 heteroatoms. The Bertz CT molecular complexity index is 4800. The number of ketones is 2. The highest BCUT2D eigenvalue weighted by atomic mass is 35.5. The number of nitrogens with one attached hydrogen (secondary N) is 9. The Balaban J connectivity index is 0.889. The molecule has 4 aromatic rings. The van der Waals surface area contributed by atoms with E-state index in [0.717, 1.165) is 43.9 Å². The van der Waals surface area contributed by atoms with Gasteiger partial charge in [-0.1, -0.05) is 158 Å². The molecule has 714 valence electrons. The molecule has 0 spiro atoms. The van der Waals surface area contributed by atoms with Gasteiger partial charge in [0.1, 0.15) is 82.7 Å². The van der Waals surface area contributed by atoms with E-state index in [9.17, 15) is 68.4 Å². The highest BCUT2D eigenvalue weighted by Crippen LogP contribution is 2.50. The number of likely N-dealkylation sites (N-methyl/N-ethyl adjacent to an activating group) is 1. The molecular formula is C92H123ClN12O22S4. The van der Waals surface area contributed by atoms with Crippen molar-refractivity contribution in [3.63, 3.8) is 0 Å². The summed E-state index contributed by atoms with van der Waals surface area (Å²) in [5, 5.41) is 69.2. The number of fused-ring (bicyclic) bond motifs is 6. The van der Waals surface area contributed by atoms with Gasteiger partial charge < -0.3 is 102 Å². The number of aliphatic hydroxyl groups excluding tert-OH is 2. The summed E-state index contributed by atoms with van der Waals surface area (Å²) >= 11 is 6.89. The van der Waals surface area contributed by atoms with Crippen LogP contribution in [0.2, 0.25) is 5.02 Å². The number of unbranched alkanes of at least 4 members (excludes halogenated alkanes) is 1. The lowest BCUT2D eigenvalue weighted by Gasteiger charge is -2.42. The standard InChI is InChI=1S/C92H123ClN12O22S4/c1-12-95-89(120)100-65(42-56-23-14-13-15-24-56)84(115)98-67-49-130-131-50-68(99-87(118)80(55(6)107)102-83(114)64(27-18-19-37-94)96-85(116)66(45-60-33-32-59-25-16-17-26-63(59)60)97-82(113)61(46-71(67)110)41-57-30-34-62(108)35-31-57)86(117)101-79(54(5)106)70(109)28-21-38-128-129-39-36-76(111)104(8)53(4)88(119)126-75-47-77(112)105(9)69-43-58(44-72(123-10)78(69)93)40-51(2)22-20-29-74(124-11)92(122)48-73(125-90(121)103-92)52(3)81-91(75,7)127-81/h13-17,20,22-26,29-31,33-35,43-44,52-55,61,64-68,73-75,79-81,106-108,122H,12,18-19,21,27-28,32,36-42,45-50,94H2,1-11H3,(H,96,116)(H,97,113)(H,98,115)(H,99,118)(H,101,117)(H,102,114)(H,103,121)(H2,95,100,120)/b29-20+,51-22+/t52-,53+,54-,55-,61-,64+,65-,66-,67+,68+,73+,74-,75+,79+,80+,81+,91+,92+/m1/s1. The summed E-state index contributed by atoms with van der Waals surface area (Å²) in [5.41, 5.74) is 8.10. The SMILES string of the molecule is CCNC(=O)N[C@H](Cc1ccccc1)C(=O)N[C@H]1CSSC[C@@H](C(=O)N[C@H](C(=O)CCCSSCCC(=O)N(C)[C@@H](C)C(=O)O[C@H]2CC(=O)N(C)c3cc(cc(OC)c3Cl)C/C(C)=C/C=C/[C@@H](OC)[C@@]3(O)C[C@H](OC(=O)N3)[C@@H](C)[C@@H]3O[C@@]23C)[C@@H](C)O)NC(=O)[C@H]([C@@H](C)O)NC(=O)[C@H](CCCCN)NC(=O)[C@@H](CC2=CCc3ccccc32)NC(=O)[C@H](Cc2ccc(O)cc2)CC1=O. The number of alkyl carbamates (subject to hydrolysis) is 1. The summed E-state index contributed by atoms with van der Waals surface area (Å²) < 4.78 is 29.7. The molecule has 5 aliphatic rings. The molecule has 0 radical (unpaired) electrons. The number of nitrogens with two attached hydrogens (primary N) is 1. The van der Waals surface area contributed by atoms with Crippen molar-refractivity contribution in [2.24, 2.45) is 17.6 Å². The van der Waals surface area contributed by atoms with Gasteiger partial charge in [-0.3, -0.25) is 53.3 Å². The molecule has 131 heavy (non-hydrogen) atoms. The topological polar surface area (TPSA) is 493 Å². The normalized spacial score (nSPS) is 26.0. The average molecular weight is 1910 g/mol. The van der Waals surface area contributed by atoms with E-state index in [1.165, 1.54) is 92.6 Å². The van der Waals surface area contributed by atoms with Crippen LogP contribution in [0, 0.1) is 11.8 Å². The minimum atomic E-state index is -1.94. The number of benzene rings is 4. The smallest absolute Gasteiger partial charge is 0.409 e. The van der Waals surface area contributed by atoms with Crippen molar-refractivity contribution in [1.29, 1.82) is 0 Å². The summed E-state index contributed by atoms with van der Waals surface area (Å²) in [7, 11) is 10.3. The Labute approximate surface area is 784 Å². The maximum absolute atomic E-state index is 15.4. The van der Waals surface area contributed by atoms with Crippen molar-refractivity contribution < 1.29 is 106 Å². The van der Waals surface area contributed by atoms with E-state index < -0.39 is 198 Å². The highest BCUT2D eigenvalue weighted by Gasteiger charge is 2.65. The molecule has 0 saturated carbocycles. The van der Waals surface area contributed by atoms with Crippen molar-refractivity contribution in [1.82, 2.24) is 52.8 Å². The van der Waals surface area contributed by atoms with Gasteiger partial charge in [0.05, 0.1) is 43.6 Å². The molecule has 4 heterocycles. The summed E-state index contributed by atoms with van der Waals surface area (Å²) in [6.45, 7) is 11.3. The quantitative estimate of drug-likeness (QED) is 0.0110. The minimum Gasteiger partial charge on any atom is -0.508 e. The zero-order valence-electron chi connectivity index (χ0n) is 75.5. The monoisotopic (exact) mass is 1910 g/mol. The Kier molecular flexibility index (Phi) is 39.9. The van der Waals surface area contributed by atoms with Crippen molar-refractivity contribution in [2.75, 3.05) is 69.3 Å². The lowest BCUT2D eigenvalue weighted by molar-refractivity contribution is -0.162. The van der Waals surface area contributed by atoms with Gasteiger partial charge in [0, 0.05) is 101 Å². The molecular weight excluding hydrogens is 1790 g/mol. The number of phenols is 1. The third kappa shape index (κ3) is 29.6. The van der Waals surface area contributed by atoms with Crippen LogP contribution < -0.4 is 63.2 Å². The average Bonchev–Trinajstić information content (AvgIpc) is 1.57. The second-order valence-electron chi connectivity index (χ2n) is 33.7. The number of phenolic OH excluding ortho intramolecular Hbond substituents is 1. The summed E-state index contributed by atoms with van der Waals surface area (Å²) in [6.07, 6.45) is -1.18. The number of ether oxygens (including phenoxy) is 5. The van der Waals surface area contributed by atoms with Crippen LogP contribution >= 0.6 is 54.8 Å². The van der Waals surface area contributed by atoms with Gasteiger partial charge in [-0.15, -0.1) is 0 Å². The summed E-state index contributed by atoms with van der Waals surface area (Å²) in [4.78, 5) is 191. The number of amides is 11. The van der Waals surface area contributed by atoms with Gasteiger partial charge in [0.2, 0.25) is 47.3 Å². The maximum atomic E-state index is 15.4.